The summed E-state index contributed by atoms with van der Waals surface area (Å²) in [4.78, 5) is 38.8. The number of ether oxygens (including phenoxy) is 1. The molecule has 2 aromatic heterocycles. The van der Waals surface area contributed by atoms with Crippen LogP contribution in [0.2, 0.25) is 0 Å². The Morgan fingerprint density at radius 1 is 1.19 bits per heavy atom. The predicted molar refractivity (Wildman–Crippen MR) is 88.3 cm³/mol. The number of nitrogens with zero attached hydrogens (tertiary/aromatic N) is 4. The summed E-state index contributed by atoms with van der Waals surface area (Å²) in [5, 5.41) is 20.3. The second-order valence-corrected chi connectivity index (χ2v) is 9.86. The van der Waals surface area contributed by atoms with Gasteiger partial charge in [-0.15, -0.1) is 0 Å². The van der Waals surface area contributed by atoms with Crippen LogP contribution in [0.15, 0.2) is 12.7 Å². The van der Waals surface area contributed by atoms with E-state index < -0.39 is 52.2 Å². The summed E-state index contributed by atoms with van der Waals surface area (Å²) in [7, 11) is -9.42. The molecule has 14 nitrogen and oxygen atoms in total. The van der Waals surface area contributed by atoms with E-state index in [0.717, 1.165) is 0 Å². The molecule has 3 unspecified atom stereocenters. The van der Waals surface area contributed by atoms with E-state index in [2.05, 4.69) is 19.5 Å². The molecule has 0 aromatic carbocycles. The van der Waals surface area contributed by atoms with Crippen molar-refractivity contribution in [1.82, 2.24) is 19.5 Å². The van der Waals surface area contributed by atoms with Crippen LogP contribution in [0.1, 0.15) is 6.23 Å². The minimum absolute atomic E-state index is 0.102. The molecular weight excluding hydrogens is 408 g/mol. The van der Waals surface area contributed by atoms with Crippen molar-refractivity contribution in [2.24, 2.45) is 0 Å². The first-order chi connectivity index (χ1) is 12.5. The van der Waals surface area contributed by atoms with Gasteiger partial charge in [0.25, 0.3) is 0 Å². The van der Waals surface area contributed by atoms with Crippen LogP contribution in [0.25, 0.3) is 11.2 Å². The Balaban J connectivity index is 1.75. The maximum atomic E-state index is 11.7. The molecule has 0 aliphatic carbocycles. The Labute approximate surface area is 151 Å². The van der Waals surface area contributed by atoms with Crippen molar-refractivity contribution in [2.75, 3.05) is 18.2 Å². The lowest BCUT2D eigenvalue weighted by molar-refractivity contribution is -0.0483. The molecule has 2 aromatic rings. The van der Waals surface area contributed by atoms with Gasteiger partial charge in [0, 0.05) is 0 Å². The number of nitrogen functional groups attached to an aromatic ring is 1. The van der Waals surface area contributed by atoms with E-state index in [1.54, 1.807) is 0 Å². The number of imidazole rings is 1. The van der Waals surface area contributed by atoms with Crippen LogP contribution in [0.3, 0.4) is 0 Å². The Bertz CT molecular complexity index is 932. The molecule has 1 aliphatic rings. The molecule has 3 rings (SSSR count). The van der Waals surface area contributed by atoms with E-state index in [4.69, 9.17) is 20.3 Å². The molecule has 0 bridgehead atoms. The molecule has 1 saturated heterocycles. The SMILES string of the molecule is Nc1ncnc2c1ncn2[C@@H]1O[C@H](COP(=O)(O)CP(=O)(O)O)C(O)C1O. The molecule has 5 atom stereocenters. The molecule has 1 aliphatic heterocycles. The lowest BCUT2D eigenvalue weighted by Gasteiger charge is -2.18. The van der Waals surface area contributed by atoms with E-state index in [0.29, 0.717) is 0 Å². The fraction of sp³-hybridized carbons (Fsp3) is 0.545. The average molecular weight is 425 g/mol. The van der Waals surface area contributed by atoms with Gasteiger partial charge in [0.05, 0.1) is 12.9 Å². The van der Waals surface area contributed by atoms with Crippen LogP contribution in [0, 0.1) is 0 Å². The zero-order valence-corrected chi connectivity index (χ0v) is 15.3. The maximum absolute atomic E-state index is 11.7. The average Bonchev–Trinajstić information content (AvgIpc) is 3.07. The first-order valence-electron chi connectivity index (χ1n) is 7.44. The summed E-state index contributed by atoms with van der Waals surface area (Å²) in [6, 6.07) is 0. The number of hydrogen-bond acceptors (Lipinski definition) is 10. The lowest BCUT2D eigenvalue weighted by atomic mass is 10.1. The largest absolute Gasteiger partial charge is 0.387 e. The van der Waals surface area contributed by atoms with Crippen molar-refractivity contribution in [1.29, 1.82) is 0 Å². The highest BCUT2D eigenvalue weighted by molar-refractivity contribution is 7.70. The van der Waals surface area contributed by atoms with E-state index in [9.17, 15) is 24.2 Å². The van der Waals surface area contributed by atoms with Crippen LogP contribution >= 0.6 is 15.2 Å². The van der Waals surface area contributed by atoms with E-state index in [1.807, 2.05) is 0 Å². The quantitative estimate of drug-likeness (QED) is 0.286. The van der Waals surface area contributed by atoms with Crippen molar-refractivity contribution >= 4 is 32.2 Å². The second kappa shape index (κ2) is 7.17. The Hall–Kier alpha value is -1.47. The van der Waals surface area contributed by atoms with Crippen molar-refractivity contribution in [2.45, 2.75) is 24.5 Å². The van der Waals surface area contributed by atoms with Crippen molar-refractivity contribution in [3.05, 3.63) is 12.7 Å². The predicted octanol–water partition coefficient (Wildman–Crippen LogP) is -1.64. The van der Waals surface area contributed by atoms with E-state index in [1.165, 1.54) is 17.2 Å². The molecule has 1 fully saturated rings. The molecule has 0 amide bonds. The number of aliphatic hydroxyl groups excluding tert-OH is 2. The molecule has 16 heteroatoms. The van der Waals surface area contributed by atoms with Gasteiger partial charge >= 0.3 is 15.2 Å². The van der Waals surface area contributed by atoms with Crippen molar-refractivity contribution in [3.8, 4) is 0 Å². The minimum atomic E-state index is -4.79. The fourth-order valence-corrected chi connectivity index (χ4v) is 5.19. The van der Waals surface area contributed by atoms with Gasteiger partial charge < -0.3 is 39.9 Å². The summed E-state index contributed by atoms with van der Waals surface area (Å²) < 4.78 is 33.9. The number of aliphatic hydroxyl groups is 2. The number of hydrogen-bond donors (Lipinski definition) is 6. The molecule has 3 heterocycles. The number of anilines is 1. The van der Waals surface area contributed by atoms with Gasteiger partial charge in [0.15, 0.2) is 23.6 Å². The Morgan fingerprint density at radius 2 is 1.89 bits per heavy atom. The molecule has 0 saturated carbocycles. The molecule has 0 spiro atoms. The van der Waals surface area contributed by atoms with Crippen LogP contribution in [-0.2, 0) is 18.4 Å². The third-order valence-electron chi connectivity index (χ3n) is 3.80. The fourth-order valence-electron chi connectivity index (χ4n) is 2.62. The van der Waals surface area contributed by atoms with Gasteiger partial charge in [0.1, 0.15) is 30.2 Å². The Morgan fingerprint density at radius 3 is 2.56 bits per heavy atom. The highest BCUT2D eigenvalue weighted by atomic mass is 31.2. The smallest absolute Gasteiger partial charge is 0.340 e. The molecule has 0 radical (unpaired) electrons. The van der Waals surface area contributed by atoms with Crippen LogP contribution < -0.4 is 5.73 Å². The van der Waals surface area contributed by atoms with Crippen LogP contribution in [0.5, 0.6) is 0 Å². The highest BCUT2D eigenvalue weighted by Crippen LogP contribution is 2.55. The first kappa shape index (κ1) is 20.3. The normalized spacial score (nSPS) is 28.5. The number of fused-ring (bicyclic) bond motifs is 1. The van der Waals surface area contributed by atoms with Gasteiger partial charge in [-0.1, -0.05) is 0 Å². The van der Waals surface area contributed by atoms with E-state index >= 15 is 0 Å². The summed E-state index contributed by atoms with van der Waals surface area (Å²) >= 11 is 0. The zero-order chi connectivity index (χ0) is 20.0. The summed E-state index contributed by atoms with van der Waals surface area (Å²) in [5.41, 5.74) is 6.17. The van der Waals surface area contributed by atoms with Gasteiger partial charge in [0.2, 0.25) is 0 Å². The lowest BCUT2D eigenvalue weighted by Crippen LogP contribution is -2.33. The molecular formula is C11H17N5O9P2. The molecule has 150 valence electrons. The van der Waals surface area contributed by atoms with Crippen LogP contribution in [-0.4, -0.2) is 75.2 Å². The first-order valence-corrected chi connectivity index (χ1v) is 11.0. The molecule has 27 heavy (non-hydrogen) atoms. The standard InChI is InChI=1S/C11H17N5O9P2/c12-9-6-10(14-2-13-9)16(3-15-6)11-8(18)7(17)5(25-11)1-24-27(22,23)4-26(19,20)21/h2-3,5,7-8,11,17-18H,1,4H2,(H,22,23)(H2,12,13,14)(H2,19,20,21)/t5-,7?,8?,11-/m1/s1. The van der Waals surface area contributed by atoms with Gasteiger partial charge in [-0.2, -0.15) is 0 Å². The third kappa shape index (κ3) is 4.35. The van der Waals surface area contributed by atoms with Gasteiger partial charge in [-0.25, -0.2) is 15.0 Å². The number of aromatic nitrogens is 4. The molecule has 7 N–H and O–H groups in total. The topological polar surface area (TPSA) is 223 Å². The van der Waals surface area contributed by atoms with Gasteiger partial charge in [-0.3, -0.25) is 13.7 Å². The van der Waals surface area contributed by atoms with Crippen molar-refractivity contribution < 1.29 is 43.3 Å². The maximum Gasteiger partial charge on any atom is 0.340 e. The van der Waals surface area contributed by atoms with Gasteiger partial charge in [-0.05, 0) is 0 Å². The summed E-state index contributed by atoms with van der Waals surface area (Å²) in [6.45, 7) is -0.688. The summed E-state index contributed by atoms with van der Waals surface area (Å²) in [5.74, 6) is -1.28. The second-order valence-electron chi connectivity index (χ2n) is 5.87. The highest BCUT2D eigenvalue weighted by Gasteiger charge is 2.45. The Kier molecular flexibility index (Phi) is 5.38. The zero-order valence-electron chi connectivity index (χ0n) is 13.5. The van der Waals surface area contributed by atoms with Crippen LogP contribution in [0.4, 0.5) is 5.82 Å². The number of nitrogens with two attached hydrogens (primary N) is 1. The third-order valence-corrected chi connectivity index (χ3v) is 7.26. The minimum Gasteiger partial charge on any atom is -0.387 e. The van der Waals surface area contributed by atoms with Crippen molar-refractivity contribution in [3.63, 3.8) is 0 Å². The van der Waals surface area contributed by atoms with E-state index in [-0.39, 0.29) is 17.0 Å². The monoisotopic (exact) mass is 425 g/mol. The summed E-state index contributed by atoms with van der Waals surface area (Å²) in [6.07, 6.45) is -2.94. The number of rotatable bonds is 6.